The normalized spacial score (nSPS) is 10.9. The zero-order valence-electron chi connectivity index (χ0n) is 42.5. The van der Waals surface area contributed by atoms with Crippen molar-refractivity contribution in [1.29, 1.82) is 0 Å². The summed E-state index contributed by atoms with van der Waals surface area (Å²) in [6.45, 7) is 19.7. The maximum absolute atomic E-state index is 5.51. The van der Waals surface area contributed by atoms with Gasteiger partial charge < -0.3 is 70.8 Å². The van der Waals surface area contributed by atoms with Crippen LogP contribution >= 0.6 is 63.7 Å². The number of hydrogen-bond donors (Lipinski definition) is 8. The number of aromatic amines is 3. The standard InChI is InChI=1S/C18H29N3O2.C16H21N3O2.C12H15Br2N3O2.C6H6Br2N2/c1-4-6-14-12-16-17(13-15(14)7-5-2)21-18(20-16)19-8-9-23-11-10-22-3;1-4-12-10-14-15(11-13(12)5-2)19-16(18-14)17-6-7-21-9-8-20-3;1-18-4-5-19-3-2-15-12-16-10-6-8(13)9(14)7-11(10)17-12;7-3-1-5(9)6(10)2-4(3)8/h12-13H,4-11H2,1-3H3,(H2,19,20,21);4-5,10-11H,1-2,6-9H2,3H3,(H2,17,18,19);6-7H,2-5H2,1H3,(H2,15,16,17);1-2H,9-10H2. The lowest BCUT2D eigenvalue weighted by Crippen LogP contribution is -2.12. The van der Waals surface area contributed by atoms with Crippen LogP contribution in [-0.2, 0) is 41.3 Å². The van der Waals surface area contributed by atoms with E-state index < -0.39 is 0 Å². The molecule has 3 aromatic heterocycles. The first-order valence-electron chi connectivity index (χ1n) is 23.9. The summed E-state index contributed by atoms with van der Waals surface area (Å²) in [6.07, 6.45) is 8.20. The number of nitrogens with zero attached hydrogens (tertiary/aromatic N) is 3. The third kappa shape index (κ3) is 20.9. The highest BCUT2D eigenvalue weighted by Gasteiger charge is 2.10. The first kappa shape index (κ1) is 61.0. The van der Waals surface area contributed by atoms with E-state index >= 15 is 0 Å². The van der Waals surface area contributed by atoms with Crippen molar-refractivity contribution in [2.24, 2.45) is 0 Å². The Morgan fingerprint density at radius 3 is 1.26 bits per heavy atom. The molecule has 7 aromatic rings. The number of nitrogen functional groups attached to an aromatic ring is 2. The summed E-state index contributed by atoms with van der Waals surface area (Å²) < 4.78 is 34.8. The number of nitrogens with one attached hydrogen (secondary N) is 6. The minimum absolute atomic E-state index is 0.593. The Labute approximate surface area is 462 Å². The molecule has 0 radical (unpaired) electrons. The van der Waals surface area contributed by atoms with E-state index in [1.807, 2.05) is 36.4 Å². The summed E-state index contributed by atoms with van der Waals surface area (Å²) in [5.41, 5.74) is 23.1. The Morgan fingerprint density at radius 2 is 0.836 bits per heavy atom. The number of halogens is 4. The number of aromatic nitrogens is 6. The average Bonchev–Trinajstić information content (AvgIpc) is 4.10. The lowest BCUT2D eigenvalue weighted by atomic mass is 9.99. The molecule has 0 atom stereocenters. The van der Waals surface area contributed by atoms with Gasteiger partial charge in [0, 0.05) is 58.9 Å². The third-order valence-electron chi connectivity index (χ3n) is 10.5. The molecular formula is C52H71Br4N11O6. The number of anilines is 5. The van der Waals surface area contributed by atoms with E-state index in [0.717, 1.165) is 106 Å². The highest BCUT2D eigenvalue weighted by atomic mass is 79.9. The van der Waals surface area contributed by atoms with Crippen LogP contribution in [0.2, 0.25) is 0 Å². The molecule has 73 heavy (non-hydrogen) atoms. The van der Waals surface area contributed by atoms with Crippen LogP contribution in [0.1, 0.15) is 48.9 Å². The Morgan fingerprint density at radius 1 is 0.479 bits per heavy atom. The lowest BCUT2D eigenvalue weighted by molar-refractivity contribution is 0.0759. The number of rotatable bonds is 27. The second kappa shape index (κ2) is 34.1. The van der Waals surface area contributed by atoms with Crippen LogP contribution < -0.4 is 27.4 Å². The van der Waals surface area contributed by atoms with Crippen molar-refractivity contribution >= 4 is 138 Å². The number of H-pyrrole nitrogens is 3. The van der Waals surface area contributed by atoms with Gasteiger partial charge in [-0.15, -0.1) is 0 Å². The summed E-state index contributed by atoms with van der Waals surface area (Å²) in [4.78, 5) is 23.4. The van der Waals surface area contributed by atoms with Crippen molar-refractivity contribution in [3.05, 3.63) is 102 Å². The lowest BCUT2D eigenvalue weighted by Gasteiger charge is -2.07. The molecule has 0 unspecified atom stereocenters. The maximum Gasteiger partial charge on any atom is 0.201 e. The second-order valence-corrected chi connectivity index (χ2v) is 19.5. The first-order valence-corrected chi connectivity index (χ1v) is 27.1. The van der Waals surface area contributed by atoms with Gasteiger partial charge in [0.2, 0.25) is 17.8 Å². The Hall–Kier alpha value is -4.55. The van der Waals surface area contributed by atoms with Crippen molar-refractivity contribution in [3.63, 3.8) is 0 Å². The highest BCUT2D eigenvalue weighted by molar-refractivity contribution is 9.13. The van der Waals surface area contributed by atoms with Crippen LogP contribution in [0.3, 0.4) is 0 Å². The third-order valence-corrected chi connectivity index (χ3v) is 14.2. The fourth-order valence-corrected chi connectivity index (χ4v) is 8.28. The number of hydrogen-bond acceptors (Lipinski definition) is 14. The van der Waals surface area contributed by atoms with Gasteiger partial charge in [0.1, 0.15) is 0 Å². The molecule has 0 fully saturated rings. The smallest absolute Gasteiger partial charge is 0.201 e. The van der Waals surface area contributed by atoms with E-state index in [2.05, 4.69) is 149 Å². The fraction of sp³-hybridized carbons (Fsp3) is 0.404. The van der Waals surface area contributed by atoms with Gasteiger partial charge in [-0.2, -0.15) is 0 Å². The van der Waals surface area contributed by atoms with Crippen molar-refractivity contribution < 1.29 is 28.4 Å². The van der Waals surface area contributed by atoms with Crippen molar-refractivity contribution in [2.75, 3.05) is 128 Å². The molecule has 0 amide bonds. The van der Waals surface area contributed by atoms with Gasteiger partial charge in [-0.1, -0.05) is 52.0 Å². The minimum Gasteiger partial charge on any atom is -0.397 e. The number of benzene rings is 4. The first-order chi connectivity index (χ1) is 35.4. The molecule has 0 aliphatic carbocycles. The topological polar surface area (TPSA) is 230 Å². The summed E-state index contributed by atoms with van der Waals surface area (Å²) in [6, 6.07) is 16.0. The summed E-state index contributed by atoms with van der Waals surface area (Å²) >= 11 is 13.5. The van der Waals surface area contributed by atoms with E-state index in [1.54, 1.807) is 33.5 Å². The molecule has 0 aliphatic rings. The summed E-state index contributed by atoms with van der Waals surface area (Å²) in [5.74, 6) is 2.29. The fourth-order valence-electron chi connectivity index (χ4n) is 6.88. The van der Waals surface area contributed by atoms with Crippen molar-refractivity contribution in [3.8, 4) is 0 Å². The number of aryl methyl sites for hydroxylation is 2. The number of methoxy groups -OCH3 is 3. The highest BCUT2D eigenvalue weighted by Crippen LogP contribution is 2.30. The minimum atomic E-state index is 0.593. The van der Waals surface area contributed by atoms with Crippen LogP contribution in [0, 0.1) is 0 Å². The largest absolute Gasteiger partial charge is 0.397 e. The molecule has 7 rings (SSSR count). The quantitative estimate of drug-likeness (QED) is 0.0177. The van der Waals surface area contributed by atoms with Gasteiger partial charge in [0.15, 0.2) is 0 Å². The van der Waals surface area contributed by atoms with Crippen LogP contribution in [0.4, 0.5) is 29.2 Å². The van der Waals surface area contributed by atoms with E-state index in [1.165, 1.54) is 17.5 Å². The zero-order chi connectivity index (χ0) is 53.0. The van der Waals surface area contributed by atoms with Crippen LogP contribution in [-0.4, -0.2) is 130 Å². The van der Waals surface area contributed by atoms with Crippen LogP contribution in [0.5, 0.6) is 0 Å². The van der Waals surface area contributed by atoms with Crippen LogP contribution in [0.25, 0.3) is 45.3 Å². The zero-order valence-corrected chi connectivity index (χ0v) is 48.8. The monoisotopic (exact) mass is 1260 g/mol. The van der Waals surface area contributed by atoms with Crippen molar-refractivity contribution in [1.82, 2.24) is 29.9 Å². The Balaban J connectivity index is 0.000000218. The second-order valence-electron chi connectivity index (χ2n) is 16.1. The molecular weight excluding hydrogens is 1190 g/mol. The Bertz CT molecular complexity index is 2570. The Kier molecular flexibility index (Phi) is 28.5. The van der Waals surface area contributed by atoms with E-state index in [0.29, 0.717) is 83.9 Å². The molecule has 0 bridgehead atoms. The van der Waals surface area contributed by atoms with Gasteiger partial charge in [-0.3, -0.25) is 0 Å². The molecule has 10 N–H and O–H groups in total. The molecule has 17 nitrogen and oxygen atoms in total. The number of nitrogens with two attached hydrogens (primary N) is 2. The maximum atomic E-state index is 5.51. The molecule has 0 saturated heterocycles. The predicted molar refractivity (Wildman–Crippen MR) is 316 cm³/mol. The molecule has 0 spiro atoms. The summed E-state index contributed by atoms with van der Waals surface area (Å²) in [5, 5.41) is 9.67. The molecule has 0 saturated carbocycles. The number of fused-ring (bicyclic) bond motifs is 3. The van der Waals surface area contributed by atoms with Gasteiger partial charge in [0.25, 0.3) is 0 Å². The van der Waals surface area contributed by atoms with Gasteiger partial charge in [-0.05, 0) is 147 Å². The van der Waals surface area contributed by atoms with Gasteiger partial charge in [0.05, 0.1) is 104 Å². The van der Waals surface area contributed by atoms with Gasteiger partial charge in [-0.25, -0.2) is 15.0 Å². The predicted octanol–water partition coefficient (Wildman–Crippen LogP) is 12.0. The van der Waals surface area contributed by atoms with E-state index in [9.17, 15) is 0 Å². The molecule has 0 aliphatic heterocycles. The molecule has 4 aromatic carbocycles. The molecule has 3 heterocycles. The van der Waals surface area contributed by atoms with E-state index in [4.69, 9.17) is 39.9 Å². The number of ether oxygens (including phenoxy) is 6. The van der Waals surface area contributed by atoms with Crippen LogP contribution in [0.15, 0.2) is 79.6 Å². The van der Waals surface area contributed by atoms with Crippen molar-refractivity contribution in [2.45, 2.75) is 39.5 Å². The SMILES string of the molecule is C=Cc1cc2nc(NCCOCCOC)[nH]c2cc1C=C.CCCc1cc2nc(NCCOCCOC)[nH]c2cc1CCC.COCCOCCNc1nc2cc(Br)c(Br)cc2[nH]1.Nc1cc(Br)c(Br)cc1N. The average molecular weight is 1270 g/mol. The van der Waals surface area contributed by atoms with Gasteiger partial charge >= 0.3 is 0 Å². The molecule has 21 heteroatoms. The summed E-state index contributed by atoms with van der Waals surface area (Å²) in [7, 11) is 4.99. The molecule has 398 valence electrons. The number of imidazole rings is 3. The van der Waals surface area contributed by atoms with E-state index in [-0.39, 0.29) is 0 Å².